The molecule has 0 saturated heterocycles. The molecule has 0 aromatic heterocycles. The fraction of sp³-hybridized carbons (Fsp3) is 0.667. The van der Waals surface area contributed by atoms with Crippen LogP contribution in [0.4, 0.5) is 0 Å². The van der Waals surface area contributed by atoms with E-state index in [9.17, 15) is 0 Å². The van der Waals surface area contributed by atoms with Crippen molar-refractivity contribution in [2.45, 2.75) is 25.7 Å². The molecule has 0 amide bonds. The summed E-state index contributed by atoms with van der Waals surface area (Å²) in [5, 5.41) is 12.0. The van der Waals surface area contributed by atoms with E-state index in [1.54, 1.807) is 0 Å². The smallest absolute Gasteiger partial charge is 0.0605 e. The van der Waals surface area contributed by atoms with Crippen LogP contribution in [0.1, 0.15) is 25.7 Å². The van der Waals surface area contributed by atoms with Crippen LogP contribution < -0.4 is 0 Å². The van der Waals surface area contributed by atoms with Gasteiger partial charge >= 0.3 is 0 Å². The highest BCUT2D eigenvalue weighted by Crippen LogP contribution is 2.34. The van der Waals surface area contributed by atoms with Gasteiger partial charge in [-0.05, 0) is 31.6 Å². The zero-order valence-corrected chi connectivity index (χ0v) is 6.53. The molecule has 11 heavy (non-hydrogen) atoms. The average Bonchev–Trinajstić information content (AvgIpc) is 2.06. The van der Waals surface area contributed by atoms with Crippen LogP contribution in [0.15, 0.2) is 17.3 Å². The van der Waals surface area contributed by atoms with Crippen LogP contribution in [0.3, 0.4) is 0 Å². The van der Waals surface area contributed by atoms with Crippen molar-refractivity contribution in [3.05, 3.63) is 12.2 Å². The molecule has 0 spiro atoms. The van der Waals surface area contributed by atoms with Gasteiger partial charge in [-0.1, -0.05) is 17.3 Å². The zero-order valence-electron chi connectivity index (χ0n) is 6.53. The van der Waals surface area contributed by atoms with Crippen LogP contribution in [0.2, 0.25) is 0 Å². The first-order chi connectivity index (χ1) is 5.40. The van der Waals surface area contributed by atoms with Gasteiger partial charge in [0, 0.05) is 5.92 Å². The second kappa shape index (κ2) is 2.68. The summed E-state index contributed by atoms with van der Waals surface area (Å²) in [7, 11) is 0. The summed E-state index contributed by atoms with van der Waals surface area (Å²) >= 11 is 0. The highest BCUT2D eigenvalue weighted by molar-refractivity contribution is 5.87. The molecule has 0 aromatic rings. The largest absolute Gasteiger partial charge is 0.411 e. The SMILES string of the molecule is O/N=C1\CCC2C=CCC1C2. The fourth-order valence-corrected chi connectivity index (χ4v) is 2.13. The molecule has 2 atom stereocenters. The molecule has 2 aliphatic rings. The van der Waals surface area contributed by atoms with Gasteiger partial charge < -0.3 is 5.21 Å². The Balaban J connectivity index is 2.17. The molecule has 2 bridgehead atoms. The summed E-state index contributed by atoms with van der Waals surface area (Å²) < 4.78 is 0. The number of allylic oxidation sites excluding steroid dienone is 2. The first kappa shape index (κ1) is 6.89. The van der Waals surface area contributed by atoms with Crippen molar-refractivity contribution in [3.8, 4) is 0 Å². The normalized spacial score (nSPS) is 39.5. The Hall–Kier alpha value is -0.790. The third-order valence-electron chi connectivity index (χ3n) is 2.79. The van der Waals surface area contributed by atoms with Gasteiger partial charge in [-0.2, -0.15) is 0 Å². The number of hydrogen-bond acceptors (Lipinski definition) is 2. The number of rotatable bonds is 0. The van der Waals surface area contributed by atoms with Crippen LogP contribution in [-0.2, 0) is 0 Å². The Kier molecular flexibility index (Phi) is 1.68. The second-order valence-corrected chi connectivity index (χ2v) is 3.49. The Morgan fingerprint density at radius 1 is 1.55 bits per heavy atom. The van der Waals surface area contributed by atoms with Crippen molar-refractivity contribution < 1.29 is 5.21 Å². The van der Waals surface area contributed by atoms with E-state index in [0.29, 0.717) is 5.92 Å². The van der Waals surface area contributed by atoms with Gasteiger partial charge in [0.25, 0.3) is 0 Å². The minimum Gasteiger partial charge on any atom is -0.411 e. The maximum atomic E-state index is 8.67. The molecule has 2 nitrogen and oxygen atoms in total. The maximum absolute atomic E-state index is 8.67. The summed E-state index contributed by atoms with van der Waals surface area (Å²) in [6.45, 7) is 0. The second-order valence-electron chi connectivity index (χ2n) is 3.49. The van der Waals surface area contributed by atoms with Crippen molar-refractivity contribution in [1.29, 1.82) is 0 Å². The lowest BCUT2D eigenvalue weighted by molar-refractivity contribution is 0.303. The molecule has 1 saturated carbocycles. The monoisotopic (exact) mass is 151 g/mol. The number of oxime groups is 1. The molecule has 2 heteroatoms. The molecule has 2 unspecified atom stereocenters. The molecule has 0 heterocycles. The standard InChI is InChI=1S/C9H13NO/c11-10-9-5-4-7-2-1-3-8(9)6-7/h1-2,7-8,11H,3-6H2/b10-9+. The average molecular weight is 151 g/mol. The van der Waals surface area contributed by atoms with E-state index in [-0.39, 0.29) is 0 Å². The Morgan fingerprint density at radius 3 is 3.27 bits per heavy atom. The van der Waals surface area contributed by atoms with Crippen molar-refractivity contribution in [2.75, 3.05) is 0 Å². The van der Waals surface area contributed by atoms with Gasteiger partial charge in [0.1, 0.15) is 0 Å². The summed E-state index contributed by atoms with van der Waals surface area (Å²) in [5.74, 6) is 1.31. The van der Waals surface area contributed by atoms with Crippen molar-refractivity contribution in [2.24, 2.45) is 17.0 Å². The quantitative estimate of drug-likeness (QED) is 0.321. The molecule has 0 aromatic carbocycles. The minimum absolute atomic E-state index is 0.545. The number of fused-ring (bicyclic) bond motifs is 2. The third-order valence-corrected chi connectivity index (χ3v) is 2.79. The minimum atomic E-state index is 0.545. The first-order valence-electron chi connectivity index (χ1n) is 4.27. The Morgan fingerprint density at radius 2 is 2.45 bits per heavy atom. The van der Waals surface area contributed by atoms with Crippen LogP contribution in [0.25, 0.3) is 0 Å². The molecule has 2 rings (SSSR count). The number of hydrogen-bond donors (Lipinski definition) is 1. The zero-order chi connectivity index (χ0) is 7.68. The first-order valence-corrected chi connectivity index (χ1v) is 4.27. The van der Waals surface area contributed by atoms with Crippen molar-refractivity contribution in [3.63, 3.8) is 0 Å². The van der Waals surface area contributed by atoms with E-state index in [0.717, 1.165) is 24.5 Å². The molecule has 60 valence electrons. The summed E-state index contributed by atoms with van der Waals surface area (Å²) in [6.07, 6.45) is 8.99. The Bertz CT molecular complexity index is 208. The van der Waals surface area contributed by atoms with Crippen LogP contribution in [0, 0.1) is 11.8 Å². The van der Waals surface area contributed by atoms with Gasteiger partial charge in [0.15, 0.2) is 0 Å². The predicted octanol–water partition coefficient (Wildman–Crippen LogP) is 2.19. The maximum Gasteiger partial charge on any atom is 0.0605 e. The van der Waals surface area contributed by atoms with Gasteiger partial charge in [0.05, 0.1) is 5.71 Å². The molecular formula is C9H13NO. The van der Waals surface area contributed by atoms with E-state index in [4.69, 9.17) is 5.21 Å². The summed E-state index contributed by atoms with van der Waals surface area (Å²) in [5.41, 5.74) is 1.02. The molecule has 1 fully saturated rings. The summed E-state index contributed by atoms with van der Waals surface area (Å²) in [6, 6.07) is 0. The number of nitrogens with zero attached hydrogens (tertiary/aromatic N) is 1. The van der Waals surface area contributed by atoms with Gasteiger partial charge in [-0.15, -0.1) is 0 Å². The topological polar surface area (TPSA) is 32.6 Å². The van der Waals surface area contributed by atoms with Gasteiger partial charge in [-0.25, -0.2) is 0 Å². The Labute approximate surface area is 66.6 Å². The highest BCUT2D eigenvalue weighted by atomic mass is 16.4. The lowest BCUT2D eigenvalue weighted by Gasteiger charge is -2.30. The molecule has 0 radical (unpaired) electrons. The van der Waals surface area contributed by atoms with E-state index in [1.165, 1.54) is 12.8 Å². The molecule has 2 aliphatic carbocycles. The van der Waals surface area contributed by atoms with Crippen LogP contribution in [0.5, 0.6) is 0 Å². The van der Waals surface area contributed by atoms with Crippen molar-refractivity contribution in [1.82, 2.24) is 0 Å². The van der Waals surface area contributed by atoms with Gasteiger partial charge in [-0.3, -0.25) is 0 Å². The molecule has 0 aliphatic heterocycles. The van der Waals surface area contributed by atoms with Crippen molar-refractivity contribution >= 4 is 5.71 Å². The highest BCUT2D eigenvalue weighted by Gasteiger charge is 2.27. The summed E-state index contributed by atoms with van der Waals surface area (Å²) in [4.78, 5) is 0. The lowest BCUT2D eigenvalue weighted by Crippen LogP contribution is -2.26. The predicted molar refractivity (Wildman–Crippen MR) is 43.8 cm³/mol. The van der Waals surface area contributed by atoms with E-state index in [2.05, 4.69) is 17.3 Å². The van der Waals surface area contributed by atoms with Crippen LogP contribution in [-0.4, -0.2) is 10.9 Å². The molecule has 1 N–H and O–H groups in total. The van der Waals surface area contributed by atoms with Gasteiger partial charge in [0.2, 0.25) is 0 Å². The lowest BCUT2D eigenvalue weighted by atomic mass is 9.75. The van der Waals surface area contributed by atoms with E-state index in [1.807, 2.05) is 0 Å². The molecular weight excluding hydrogens is 138 g/mol. The van der Waals surface area contributed by atoms with E-state index < -0.39 is 0 Å². The van der Waals surface area contributed by atoms with E-state index >= 15 is 0 Å². The fourth-order valence-electron chi connectivity index (χ4n) is 2.13. The van der Waals surface area contributed by atoms with Crippen LogP contribution >= 0.6 is 0 Å². The third kappa shape index (κ3) is 1.17.